The van der Waals surface area contributed by atoms with Crippen LogP contribution in [0, 0.1) is 13.8 Å². The van der Waals surface area contributed by atoms with E-state index in [2.05, 4.69) is 124 Å². The minimum Gasteiger partial charge on any atom is -0.492 e. The number of thiol groups is 2. The van der Waals surface area contributed by atoms with Crippen molar-refractivity contribution in [2.45, 2.75) is 19.3 Å². The molecular formula is C31H30O2S2. The van der Waals surface area contributed by atoms with E-state index in [1.54, 1.807) is 0 Å². The third kappa shape index (κ3) is 4.03. The van der Waals surface area contributed by atoms with Crippen LogP contribution in [0.1, 0.15) is 33.4 Å². The topological polar surface area (TPSA) is 18.5 Å². The zero-order valence-corrected chi connectivity index (χ0v) is 21.9. The molecule has 0 N–H and O–H groups in total. The molecular weight excluding hydrogens is 468 g/mol. The van der Waals surface area contributed by atoms with Gasteiger partial charge in [0.25, 0.3) is 0 Å². The van der Waals surface area contributed by atoms with Gasteiger partial charge in [-0.05, 0) is 70.5 Å². The number of benzene rings is 4. The summed E-state index contributed by atoms with van der Waals surface area (Å²) >= 11 is 8.60. The lowest BCUT2D eigenvalue weighted by molar-refractivity contribution is 0.341. The van der Waals surface area contributed by atoms with Crippen LogP contribution in [0.25, 0.3) is 11.1 Å². The highest BCUT2D eigenvalue weighted by atomic mass is 32.1. The van der Waals surface area contributed by atoms with Gasteiger partial charge >= 0.3 is 0 Å². The van der Waals surface area contributed by atoms with Crippen molar-refractivity contribution in [3.63, 3.8) is 0 Å². The summed E-state index contributed by atoms with van der Waals surface area (Å²) in [6.07, 6.45) is 0. The maximum Gasteiger partial charge on any atom is 0.122 e. The summed E-state index contributed by atoms with van der Waals surface area (Å²) in [5.41, 5.74) is 9.43. The Bertz CT molecular complexity index is 1260. The molecule has 1 aliphatic rings. The van der Waals surface area contributed by atoms with Crippen LogP contribution in [0.15, 0.2) is 84.9 Å². The van der Waals surface area contributed by atoms with Crippen LogP contribution in [0.3, 0.4) is 0 Å². The second-order valence-electron chi connectivity index (χ2n) is 8.95. The van der Waals surface area contributed by atoms with Crippen molar-refractivity contribution in [1.29, 1.82) is 0 Å². The Kier molecular flexibility index (Phi) is 6.86. The smallest absolute Gasteiger partial charge is 0.122 e. The van der Waals surface area contributed by atoms with Gasteiger partial charge in [-0.1, -0.05) is 72.8 Å². The van der Waals surface area contributed by atoms with Gasteiger partial charge in [-0.25, -0.2) is 0 Å². The summed E-state index contributed by atoms with van der Waals surface area (Å²) < 4.78 is 11.9. The second kappa shape index (κ2) is 10.0. The maximum absolute atomic E-state index is 5.95. The van der Waals surface area contributed by atoms with E-state index >= 15 is 0 Å². The lowest BCUT2D eigenvalue weighted by atomic mass is 9.67. The maximum atomic E-state index is 5.95. The van der Waals surface area contributed by atoms with Crippen LogP contribution in [-0.2, 0) is 5.41 Å². The molecule has 0 aliphatic heterocycles. The molecule has 35 heavy (non-hydrogen) atoms. The monoisotopic (exact) mass is 498 g/mol. The predicted octanol–water partition coefficient (Wildman–Crippen LogP) is 7.28. The minimum absolute atomic E-state index is 0.438. The largest absolute Gasteiger partial charge is 0.492 e. The highest BCUT2D eigenvalue weighted by molar-refractivity contribution is 7.80. The Morgan fingerprint density at radius 1 is 0.600 bits per heavy atom. The molecule has 0 radical (unpaired) electrons. The summed E-state index contributed by atoms with van der Waals surface area (Å²) in [4.78, 5) is 0. The molecule has 0 unspecified atom stereocenters. The van der Waals surface area contributed by atoms with Gasteiger partial charge in [0.2, 0.25) is 0 Å². The van der Waals surface area contributed by atoms with Gasteiger partial charge in [0.1, 0.15) is 11.5 Å². The van der Waals surface area contributed by atoms with Crippen molar-refractivity contribution < 1.29 is 9.47 Å². The summed E-state index contributed by atoms with van der Waals surface area (Å²) in [6, 6.07) is 30.8. The van der Waals surface area contributed by atoms with E-state index in [1.165, 1.54) is 33.4 Å². The van der Waals surface area contributed by atoms with Gasteiger partial charge in [0.15, 0.2) is 0 Å². The Hall–Kier alpha value is -2.82. The number of aryl methyl sites for hydroxylation is 2. The highest BCUT2D eigenvalue weighted by Crippen LogP contribution is 2.56. The van der Waals surface area contributed by atoms with Gasteiger partial charge < -0.3 is 9.47 Å². The molecule has 0 fully saturated rings. The van der Waals surface area contributed by atoms with Gasteiger partial charge in [0, 0.05) is 11.5 Å². The van der Waals surface area contributed by atoms with Crippen molar-refractivity contribution in [2.75, 3.05) is 24.7 Å². The van der Waals surface area contributed by atoms with Crippen LogP contribution in [0.2, 0.25) is 0 Å². The number of ether oxygens (including phenoxy) is 2. The van der Waals surface area contributed by atoms with Crippen LogP contribution in [-0.4, -0.2) is 24.7 Å². The summed E-state index contributed by atoms with van der Waals surface area (Å²) in [6.45, 7) is 5.43. The molecule has 2 nitrogen and oxygen atoms in total. The molecule has 178 valence electrons. The number of hydrogen-bond donors (Lipinski definition) is 2. The highest BCUT2D eigenvalue weighted by Gasteiger charge is 2.46. The first-order chi connectivity index (χ1) is 17.1. The van der Waals surface area contributed by atoms with Crippen molar-refractivity contribution >= 4 is 25.3 Å². The van der Waals surface area contributed by atoms with E-state index in [9.17, 15) is 0 Å². The Balaban J connectivity index is 1.78. The summed E-state index contributed by atoms with van der Waals surface area (Å²) in [5, 5.41) is 0. The number of fused-ring (bicyclic) bond motifs is 3. The molecule has 0 aromatic heterocycles. The van der Waals surface area contributed by atoms with E-state index in [0.717, 1.165) is 22.6 Å². The molecule has 4 aromatic carbocycles. The molecule has 0 heterocycles. The normalized spacial score (nSPS) is 13.3. The third-order valence-electron chi connectivity index (χ3n) is 6.87. The first kappa shape index (κ1) is 23.9. The van der Waals surface area contributed by atoms with E-state index < -0.39 is 5.41 Å². The average Bonchev–Trinajstić information content (AvgIpc) is 3.18. The Morgan fingerprint density at radius 3 is 1.43 bits per heavy atom. The minimum atomic E-state index is -0.438. The fourth-order valence-corrected chi connectivity index (χ4v) is 5.61. The molecule has 0 saturated carbocycles. The fraction of sp³-hybridized carbons (Fsp3) is 0.226. The second-order valence-corrected chi connectivity index (χ2v) is 9.84. The summed E-state index contributed by atoms with van der Waals surface area (Å²) in [5.74, 6) is 3.19. The van der Waals surface area contributed by atoms with Crippen LogP contribution in [0.4, 0.5) is 0 Å². The standard InChI is InChI=1S/C31H30O2S2/c1-21-19-23(11-13-29(21)32-15-17-34)31(24-12-14-30(22(2)20-24)33-16-18-35)27-9-5-3-7-25(27)26-8-4-6-10-28(26)31/h3-14,19-20,34-35H,15-18H2,1-2H3. The lowest BCUT2D eigenvalue weighted by Gasteiger charge is -2.34. The first-order valence-electron chi connectivity index (χ1n) is 12.0. The molecule has 0 saturated heterocycles. The molecule has 0 bridgehead atoms. The van der Waals surface area contributed by atoms with E-state index in [-0.39, 0.29) is 0 Å². The van der Waals surface area contributed by atoms with E-state index in [1.807, 2.05) is 0 Å². The molecule has 0 spiro atoms. The van der Waals surface area contributed by atoms with Gasteiger partial charge in [-0.15, -0.1) is 0 Å². The van der Waals surface area contributed by atoms with Crippen LogP contribution < -0.4 is 9.47 Å². The predicted molar refractivity (Wildman–Crippen MR) is 152 cm³/mol. The fourth-order valence-electron chi connectivity index (χ4n) is 5.42. The van der Waals surface area contributed by atoms with Crippen molar-refractivity contribution in [3.05, 3.63) is 118 Å². The van der Waals surface area contributed by atoms with Crippen molar-refractivity contribution in [3.8, 4) is 22.6 Å². The zero-order chi connectivity index (χ0) is 24.4. The van der Waals surface area contributed by atoms with Crippen LogP contribution in [0.5, 0.6) is 11.5 Å². The number of rotatable bonds is 8. The molecule has 4 heteroatoms. The molecule has 0 atom stereocenters. The molecule has 5 rings (SSSR count). The number of hydrogen-bond acceptors (Lipinski definition) is 4. The SMILES string of the molecule is Cc1cc(C2(c3ccc(OCCS)c(C)c3)c3ccccc3-c3ccccc32)ccc1OCCS. The Morgan fingerprint density at radius 2 is 1.03 bits per heavy atom. The van der Waals surface area contributed by atoms with Crippen molar-refractivity contribution in [2.24, 2.45) is 0 Å². The molecule has 4 aromatic rings. The van der Waals surface area contributed by atoms with E-state index in [4.69, 9.17) is 9.47 Å². The van der Waals surface area contributed by atoms with Crippen LogP contribution >= 0.6 is 25.3 Å². The van der Waals surface area contributed by atoms with Gasteiger partial charge in [-0.2, -0.15) is 25.3 Å². The molecule has 1 aliphatic carbocycles. The van der Waals surface area contributed by atoms with Crippen molar-refractivity contribution in [1.82, 2.24) is 0 Å². The summed E-state index contributed by atoms with van der Waals surface area (Å²) in [7, 11) is 0. The van der Waals surface area contributed by atoms with Gasteiger partial charge in [0.05, 0.1) is 18.6 Å². The third-order valence-corrected chi connectivity index (χ3v) is 7.23. The molecule has 0 amide bonds. The zero-order valence-electron chi connectivity index (χ0n) is 20.1. The van der Waals surface area contributed by atoms with Gasteiger partial charge in [-0.3, -0.25) is 0 Å². The first-order valence-corrected chi connectivity index (χ1v) is 13.3. The lowest BCUT2D eigenvalue weighted by Crippen LogP contribution is -2.29. The quantitative estimate of drug-likeness (QED) is 0.219. The van der Waals surface area contributed by atoms with E-state index in [0.29, 0.717) is 24.7 Å². The average molecular weight is 499 g/mol. The Labute approximate surface area is 219 Å².